The molecule has 0 saturated heterocycles. The van der Waals surface area contributed by atoms with Crippen LogP contribution in [0.4, 0.5) is 0 Å². The van der Waals surface area contributed by atoms with Gasteiger partial charge in [0.2, 0.25) is 0 Å². The molecule has 13 heavy (non-hydrogen) atoms. The van der Waals surface area contributed by atoms with Gasteiger partial charge in [-0.25, -0.2) is 0 Å². The summed E-state index contributed by atoms with van der Waals surface area (Å²) in [5.41, 5.74) is -1.37. The van der Waals surface area contributed by atoms with Crippen LogP contribution in [-0.2, 0) is 4.79 Å². The van der Waals surface area contributed by atoms with Crippen LogP contribution in [0.5, 0.6) is 0 Å². The monoisotopic (exact) mass is 183 g/mol. The summed E-state index contributed by atoms with van der Waals surface area (Å²) >= 11 is 0. The van der Waals surface area contributed by atoms with Gasteiger partial charge in [-0.15, -0.1) is 6.42 Å². The molecule has 0 aromatic carbocycles. The van der Waals surface area contributed by atoms with Crippen LogP contribution in [0.25, 0.3) is 0 Å². The molecule has 3 heteroatoms. The van der Waals surface area contributed by atoms with Gasteiger partial charge in [-0.05, 0) is 27.7 Å². The quantitative estimate of drug-likeness (QED) is 0.642. The molecule has 0 radical (unpaired) electrons. The number of hydrogen-bond donors (Lipinski definition) is 2. The second-order valence-corrected chi connectivity index (χ2v) is 4.11. The molecular formula is C10H17NO2. The number of carboxylic acid groups (broad SMARTS) is 1. The molecule has 0 heterocycles. The van der Waals surface area contributed by atoms with Crippen molar-refractivity contribution in [1.29, 1.82) is 0 Å². The minimum atomic E-state index is -0.843. The number of aliphatic carboxylic acids is 1. The van der Waals surface area contributed by atoms with Gasteiger partial charge >= 0.3 is 5.97 Å². The predicted octanol–water partition coefficient (Wildman–Crippen LogP) is 1.10. The predicted molar refractivity (Wildman–Crippen MR) is 52.3 cm³/mol. The third-order valence-electron chi connectivity index (χ3n) is 2.73. The van der Waals surface area contributed by atoms with Crippen LogP contribution in [0, 0.1) is 17.8 Å². The number of carboxylic acids is 1. The Morgan fingerprint density at radius 3 is 2.23 bits per heavy atom. The van der Waals surface area contributed by atoms with E-state index in [0.29, 0.717) is 6.54 Å². The number of rotatable bonds is 4. The van der Waals surface area contributed by atoms with Gasteiger partial charge in [0.15, 0.2) is 0 Å². The van der Waals surface area contributed by atoms with Crippen LogP contribution in [-0.4, -0.2) is 23.2 Å². The third-order valence-corrected chi connectivity index (χ3v) is 2.73. The average Bonchev–Trinajstić information content (AvgIpc) is 2.00. The maximum absolute atomic E-state index is 10.9. The molecule has 0 amide bonds. The molecule has 0 unspecified atom stereocenters. The van der Waals surface area contributed by atoms with Crippen molar-refractivity contribution >= 4 is 5.97 Å². The fraction of sp³-hybridized carbons (Fsp3) is 0.700. The summed E-state index contributed by atoms with van der Waals surface area (Å²) in [5.74, 6) is 1.60. The van der Waals surface area contributed by atoms with E-state index in [0.717, 1.165) is 0 Å². The highest BCUT2D eigenvalue weighted by atomic mass is 16.4. The molecule has 0 atom stereocenters. The van der Waals surface area contributed by atoms with Crippen LogP contribution in [0.1, 0.15) is 27.7 Å². The highest BCUT2D eigenvalue weighted by molar-refractivity contribution is 5.75. The minimum absolute atomic E-state index is 0.379. The van der Waals surface area contributed by atoms with Crippen molar-refractivity contribution < 1.29 is 9.90 Å². The van der Waals surface area contributed by atoms with Crippen molar-refractivity contribution in [3.8, 4) is 12.3 Å². The van der Waals surface area contributed by atoms with E-state index < -0.39 is 16.9 Å². The summed E-state index contributed by atoms with van der Waals surface area (Å²) in [6.07, 6.45) is 5.10. The van der Waals surface area contributed by atoms with E-state index in [2.05, 4.69) is 11.2 Å². The molecule has 2 N–H and O–H groups in total. The van der Waals surface area contributed by atoms with Crippen molar-refractivity contribution in [3.05, 3.63) is 0 Å². The second kappa shape index (κ2) is 3.80. The SMILES string of the molecule is C#CCNC(C)(C)C(C)(C)C(=O)O. The lowest BCUT2D eigenvalue weighted by atomic mass is 9.74. The summed E-state index contributed by atoms with van der Waals surface area (Å²) in [4.78, 5) is 10.9. The zero-order chi connectivity index (χ0) is 10.7. The van der Waals surface area contributed by atoms with Crippen LogP contribution in [0.15, 0.2) is 0 Å². The van der Waals surface area contributed by atoms with Crippen LogP contribution < -0.4 is 5.32 Å². The Kier molecular flexibility index (Phi) is 3.50. The highest BCUT2D eigenvalue weighted by Crippen LogP contribution is 2.30. The standard InChI is InChI=1S/C10H17NO2/c1-6-7-11-10(4,5)9(2,3)8(12)13/h1,11H,7H2,2-5H3,(H,12,13). The van der Waals surface area contributed by atoms with Gasteiger partial charge in [-0.3, -0.25) is 4.79 Å². The van der Waals surface area contributed by atoms with Gasteiger partial charge in [-0.2, -0.15) is 0 Å². The molecule has 0 spiro atoms. The topological polar surface area (TPSA) is 49.3 Å². The second-order valence-electron chi connectivity index (χ2n) is 4.11. The molecule has 74 valence electrons. The molecule has 0 aliphatic rings. The lowest BCUT2D eigenvalue weighted by molar-refractivity contribution is -0.151. The van der Waals surface area contributed by atoms with E-state index in [1.807, 2.05) is 13.8 Å². The van der Waals surface area contributed by atoms with Crippen molar-refractivity contribution in [3.63, 3.8) is 0 Å². The smallest absolute Gasteiger partial charge is 0.310 e. The van der Waals surface area contributed by atoms with Crippen LogP contribution in [0.3, 0.4) is 0 Å². The Morgan fingerprint density at radius 1 is 1.46 bits per heavy atom. The van der Waals surface area contributed by atoms with Gasteiger partial charge in [0.25, 0.3) is 0 Å². The first-order chi connectivity index (χ1) is 5.75. The molecule has 0 saturated carbocycles. The van der Waals surface area contributed by atoms with Gasteiger partial charge in [0.1, 0.15) is 0 Å². The summed E-state index contributed by atoms with van der Waals surface area (Å²) < 4.78 is 0. The average molecular weight is 183 g/mol. The lowest BCUT2D eigenvalue weighted by Gasteiger charge is -2.38. The number of terminal acetylenes is 1. The molecule has 0 aliphatic carbocycles. The molecule has 0 fully saturated rings. The largest absolute Gasteiger partial charge is 0.481 e. The normalized spacial score (nSPS) is 12.2. The van der Waals surface area contributed by atoms with Crippen LogP contribution in [0.2, 0.25) is 0 Å². The van der Waals surface area contributed by atoms with E-state index in [1.54, 1.807) is 13.8 Å². The summed E-state index contributed by atoms with van der Waals surface area (Å²) in [7, 11) is 0. The van der Waals surface area contributed by atoms with E-state index in [9.17, 15) is 4.79 Å². The maximum Gasteiger partial charge on any atom is 0.310 e. The third kappa shape index (κ3) is 2.46. The lowest BCUT2D eigenvalue weighted by Crippen LogP contribution is -2.55. The Balaban J connectivity index is 4.62. The molecule has 0 aromatic rings. The van der Waals surface area contributed by atoms with Crippen molar-refractivity contribution in [1.82, 2.24) is 5.32 Å². The molecule has 0 aliphatic heterocycles. The molecular weight excluding hydrogens is 166 g/mol. The first-order valence-electron chi connectivity index (χ1n) is 4.17. The molecule has 0 rings (SSSR count). The molecule has 0 aromatic heterocycles. The van der Waals surface area contributed by atoms with Gasteiger partial charge < -0.3 is 10.4 Å². The van der Waals surface area contributed by atoms with E-state index >= 15 is 0 Å². The van der Waals surface area contributed by atoms with Crippen LogP contribution >= 0.6 is 0 Å². The zero-order valence-corrected chi connectivity index (χ0v) is 8.64. The zero-order valence-electron chi connectivity index (χ0n) is 8.64. The van der Waals surface area contributed by atoms with E-state index in [1.165, 1.54) is 0 Å². The van der Waals surface area contributed by atoms with E-state index in [-0.39, 0.29) is 0 Å². The minimum Gasteiger partial charge on any atom is -0.481 e. The summed E-state index contributed by atoms with van der Waals surface area (Å²) in [5, 5.41) is 12.0. The van der Waals surface area contributed by atoms with Crippen molar-refractivity contribution in [2.75, 3.05) is 6.54 Å². The molecule has 0 bridgehead atoms. The first-order valence-corrected chi connectivity index (χ1v) is 4.17. The number of hydrogen-bond acceptors (Lipinski definition) is 2. The number of nitrogens with one attached hydrogen (secondary N) is 1. The number of carbonyl (C=O) groups is 1. The van der Waals surface area contributed by atoms with Gasteiger partial charge in [0.05, 0.1) is 12.0 Å². The van der Waals surface area contributed by atoms with Gasteiger partial charge in [-0.1, -0.05) is 5.92 Å². The Labute approximate surface area is 79.5 Å². The van der Waals surface area contributed by atoms with Crippen molar-refractivity contribution in [2.24, 2.45) is 5.41 Å². The fourth-order valence-electron chi connectivity index (χ4n) is 0.760. The Morgan fingerprint density at radius 2 is 1.92 bits per heavy atom. The fourth-order valence-corrected chi connectivity index (χ4v) is 0.760. The summed E-state index contributed by atoms with van der Waals surface area (Å²) in [6, 6.07) is 0. The Bertz CT molecular complexity index is 236. The highest BCUT2D eigenvalue weighted by Gasteiger charge is 2.42. The summed E-state index contributed by atoms with van der Waals surface area (Å²) in [6.45, 7) is 7.40. The Hall–Kier alpha value is -1.01. The van der Waals surface area contributed by atoms with Gasteiger partial charge in [0, 0.05) is 5.54 Å². The van der Waals surface area contributed by atoms with E-state index in [4.69, 9.17) is 11.5 Å². The maximum atomic E-state index is 10.9. The molecule has 3 nitrogen and oxygen atoms in total. The first kappa shape index (κ1) is 12.0. The van der Waals surface area contributed by atoms with Crippen molar-refractivity contribution in [2.45, 2.75) is 33.2 Å².